The van der Waals surface area contributed by atoms with E-state index in [0.717, 1.165) is 25.2 Å². The van der Waals surface area contributed by atoms with Gasteiger partial charge >= 0.3 is 5.97 Å². The number of hydrogen-bond donors (Lipinski definition) is 2. The Kier molecular flexibility index (Phi) is 5.95. The number of nitrogens with zero attached hydrogens (tertiary/aromatic N) is 1. The molecule has 1 atom stereocenters. The fourth-order valence-electron chi connectivity index (χ4n) is 2.68. The second-order valence-electron chi connectivity index (χ2n) is 5.96. The standard InChI is InChI=1S/C17H24N2O3/c1-13(17(21)22)18-16(20)11-14-5-7-15(8-6-14)12-19-9-3-2-4-10-19/h5-8,13H,2-4,9-12H2,1H3,(H,18,20)(H,21,22). The lowest BCUT2D eigenvalue weighted by Gasteiger charge is -2.26. The van der Waals surface area contributed by atoms with Crippen LogP contribution in [0.2, 0.25) is 0 Å². The van der Waals surface area contributed by atoms with Gasteiger partial charge in [-0.15, -0.1) is 0 Å². The van der Waals surface area contributed by atoms with Crippen LogP contribution in [0.4, 0.5) is 0 Å². The van der Waals surface area contributed by atoms with Gasteiger partial charge in [-0.3, -0.25) is 14.5 Å². The maximum Gasteiger partial charge on any atom is 0.325 e. The van der Waals surface area contributed by atoms with Crippen molar-refractivity contribution < 1.29 is 14.7 Å². The average Bonchev–Trinajstić information content (AvgIpc) is 2.50. The van der Waals surface area contributed by atoms with Crippen molar-refractivity contribution in [3.05, 3.63) is 35.4 Å². The molecule has 1 aromatic rings. The van der Waals surface area contributed by atoms with E-state index in [1.54, 1.807) is 0 Å². The molecule has 2 rings (SSSR count). The van der Waals surface area contributed by atoms with Crippen LogP contribution in [0, 0.1) is 0 Å². The number of likely N-dealkylation sites (tertiary alicyclic amines) is 1. The molecule has 0 saturated carbocycles. The Labute approximate surface area is 131 Å². The summed E-state index contributed by atoms with van der Waals surface area (Å²) in [6.07, 6.45) is 4.10. The van der Waals surface area contributed by atoms with Crippen molar-refractivity contribution >= 4 is 11.9 Å². The molecule has 5 nitrogen and oxygen atoms in total. The summed E-state index contributed by atoms with van der Waals surface area (Å²) in [5, 5.41) is 11.2. The number of carbonyl (C=O) groups is 2. The van der Waals surface area contributed by atoms with Gasteiger partial charge in [-0.05, 0) is 44.0 Å². The lowest BCUT2D eigenvalue weighted by Crippen LogP contribution is -2.39. The number of amides is 1. The molecule has 1 amide bonds. The normalized spacial score (nSPS) is 17.0. The van der Waals surface area contributed by atoms with E-state index in [-0.39, 0.29) is 12.3 Å². The van der Waals surface area contributed by atoms with Crippen LogP contribution in [0.25, 0.3) is 0 Å². The van der Waals surface area contributed by atoms with Crippen LogP contribution in [-0.2, 0) is 22.6 Å². The van der Waals surface area contributed by atoms with Gasteiger partial charge in [0, 0.05) is 6.54 Å². The molecule has 1 aliphatic rings. The minimum absolute atomic E-state index is 0.210. The Morgan fingerprint density at radius 2 is 1.73 bits per heavy atom. The maximum absolute atomic E-state index is 11.7. The fourth-order valence-corrected chi connectivity index (χ4v) is 2.68. The lowest BCUT2D eigenvalue weighted by molar-refractivity contribution is -0.141. The summed E-state index contributed by atoms with van der Waals surface area (Å²) >= 11 is 0. The Balaban J connectivity index is 1.83. The molecule has 1 saturated heterocycles. The summed E-state index contributed by atoms with van der Waals surface area (Å²) < 4.78 is 0. The summed E-state index contributed by atoms with van der Waals surface area (Å²) in [5.74, 6) is -1.29. The molecule has 1 aliphatic heterocycles. The molecule has 2 N–H and O–H groups in total. The van der Waals surface area contributed by atoms with E-state index >= 15 is 0 Å². The minimum atomic E-state index is -1.02. The zero-order valence-electron chi connectivity index (χ0n) is 13.0. The molecule has 0 aromatic heterocycles. The number of carboxylic acid groups (broad SMARTS) is 1. The van der Waals surface area contributed by atoms with Gasteiger partial charge < -0.3 is 10.4 Å². The molecule has 5 heteroatoms. The Morgan fingerprint density at radius 1 is 1.14 bits per heavy atom. The third kappa shape index (κ3) is 5.15. The predicted molar refractivity (Wildman–Crippen MR) is 84.5 cm³/mol. The van der Waals surface area contributed by atoms with Gasteiger partial charge in [0.25, 0.3) is 0 Å². The van der Waals surface area contributed by atoms with Crippen molar-refractivity contribution in [1.82, 2.24) is 10.2 Å². The van der Waals surface area contributed by atoms with Crippen LogP contribution in [0.1, 0.15) is 37.3 Å². The van der Waals surface area contributed by atoms with Crippen LogP contribution < -0.4 is 5.32 Å². The Hall–Kier alpha value is -1.88. The van der Waals surface area contributed by atoms with Crippen molar-refractivity contribution in [3.8, 4) is 0 Å². The van der Waals surface area contributed by atoms with E-state index in [9.17, 15) is 9.59 Å². The van der Waals surface area contributed by atoms with Gasteiger partial charge in [-0.2, -0.15) is 0 Å². The molecular weight excluding hydrogens is 280 g/mol. The van der Waals surface area contributed by atoms with Crippen molar-refractivity contribution in [3.63, 3.8) is 0 Å². The zero-order valence-corrected chi connectivity index (χ0v) is 13.0. The highest BCUT2D eigenvalue weighted by atomic mass is 16.4. The third-order valence-corrected chi connectivity index (χ3v) is 3.99. The molecule has 1 aromatic carbocycles. The Morgan fingerprint density at radius 3 is 2.32 bits per heavy atom. The van der Waals surface area contributed by atoms with E-state index in [1.807, 2.05) is 12.1 Å². The summed E-state index contributed by atoms with van der Waals surface area (Å²) in [4.78, 5) is 24.9. The lowest BCUT2D eigenvalue weighted by atomic mass is 10.1. The van der Waals surface area contributed by atoms with E-state index < -0.39 is 12.0 Å². The summed E-state index contributed by atoms with van der Waals surface area (Å²) in [5.41, 5.74) is 2.16. The number of piperidine rings is 1. The van der Waals surface area contributed by atoms with Gasteiger partial charge in [0.2, 0.25) is 5.91 Å². The minimum Gasteiger partial charge on any atom is -0.480 e. The van der Waals surface area contributed by atoms with E-state index in [4.69, 9.17) is 5.11 Å². The summed E-state index contributed by atoms with van der Waals surface area (Å²) in [7, 11) is 0. The zero-order chi connectivity index (χ0) is 15.9. The molecular formula is C17H24N2O3. The monoisotopic (exact) mass is 304 g/mol. The Bertz CT molecular complexity index is 507. The van der Waals surface area contributed by atoms with Crippen molar-refractivity contribution in [2.45, 2.75) is 45.2 Å². The molecule has 1 fully saturated rings. The van der Waals surface area contributed by atoms with Crippen molar-refractivity contribution in [2.75, 3.05) is 13.1 Å². The highest BCUT2D eigenvalue weighted by Gasteiger charge is 2.14. The predicted octanol–water partition coefficient (Wildman–Crippen LogP) is 1.80. The summed E-state index contributed by atoms with van der Waals surface area (Å²) in [6.45, 7) is 4.75. The fraction of sp³-hybridized carbons (Fsp3) is 0.529. The van der Waals surface area contributed by atoms with Crippen LogP contribution in [0.15, 0.2) is 24.3 Å². The largest absolute Gasteiger partial charge is 0.480 e. The molecule has 0 aliphatic carbocycles. The molecule has 1 unspecified atom stereocenters. The highest BCUT2D eigenvalue weighted by molar-refractivity contribution is 5.84. The molecule has 0 bridgehead atoms. The van der Waals surface area contributed by atoms with Crippen LogP contribution in [0.5, 0.6) is 0 Å². The van der Waals surface area contributed by atoms with Gasteiger partial charge in [-0.25, -0.2) is 0 Å². The smallest absolute Gasteiger partial charge is 0.325 e. The first-order chi connectivity index (χ1) is 10.5. The average molecular weight is 304 g/mol. The van der Waals surface area contributed by atoms with E-state index in [0.29, 0.717) is 0 Å². The van der Waals surface area contributed by atoms with E-state index in [2.05, 4.69) is 22.3 Å². The van der Waals surface area contributed by atoms with Gasteiger partial charge in [0.15, 0.2) is 0 Å². The van der Waals surface area contributed by atoms with E-state index in [1.165, 1.54) is 31.7 Å². The topological polar surface area (TPSA) is 69.6 Å². The van der Waals surface area contributed by atoms with Gasteiger partial charge in [-0.1, -0.05) is 30.7 Å². The maximum atomic E-state index is 11.7. The molecule has 22 heavy (non-hydrogen) atoms. The number of hydrogen-bond acceptors (Lipinski definition) is 3. The molecule has 0 radical (unpaired) electrons. The molecule has 120 valence electrons. The number of carboxylic acids is 1. The highest BCUT2D eigenvalue weighted by Crippen LogP contribution is 2.13. The number of carbonyl (C=O) groups excluding carboxylic acids is 1. The van der Waals surface area contributed by atoms with Crippen molar-refractivity contribution in [1.29, 1.82) is 0 Å². The van der Waals surface area contributed by atoms with Crippen LogP contribution in [0.3, 0.4) is 0 Å². The molecule has 1 heterocycles. The second kappa shape index (κ2) is 7.94. The number of aliphatic carboxylic acids is 1. The van der Waals surface area contributed by atoms with Gasteiger partial charge in [0.1, 0.15) is 6.04 Å². The summed E-state index contributed by atoms with van der Waals surface area (Å²) in [6, 6.07) is 7.15. The number of rotatable bonds is 6. The first kappa shape index (κ1) is 16.5. The SMILES string of the molecule is CC(NC(=O)Cc1ccc(CN2CCCCC2)cc1)C(=O)O. The second-order valence-corrected chi connectivity index (χ2v) is 5.96. The van der Waals surface area contributed by atoms with Crippen LogP contribution in [-0.4, -0.2) is 41.0 Å². The van der Waals surface area contributed by atoms with Gasteiger partial charge in [0.05, 0.1) is 6.42 Å². The van der Waals surface area contributed by atoms with Crippen LogP contribution >= 0.6 is 0 Å². The first-order valence-electron chi connectivity index (χ1n) is 7.87. The number of benzene rings is 1. The third-order valence-electron chi connectivity index (χ3n) is 3.99. The first-order valence-corrected chi connectivity index (χ1v) is 7.87. The van der Waals surface area contributed by atoms with Crippen molar-refractivity contribution in [2.24, 2.45) is 0 Å². The molecule has 0 spiro atoms. The number of nitrogens with one attached hydrogen (secondary N) is 1. The quantitative estimate of drug-likeness (QED) is 0.841.